The van der Waals surface area contributed by atoms with Crippen LogP contribution in [-0.2, 0) is 14.6 Å². The van der Waals surface area contributed by atoms with Gasteiger partial charge in [-0.25, -0.2) is 13.4 Å². The van der Waals surface area contributed by atoms with E-state index >= 15 is 0 Å². The molecule has 28 heavy (non-hydrogen) atoms. The number of thioether (sulfide) groups is 1. The molecule has 1 aromatic heterocycles. The molecule has 1 fully saturated rings. The van der Waals surface area contributed by atoms with E-state index < -0.39 is 9.84 Å². The van der Waals surface area contributed by atoms with Gasteiger partial charge in [0.05, 0.1) is 17.3 Å². The maximum absolute atomic E-state index is 12.7. The van der Waals surface area contributed by atoms with Crippen molar-refractivity contribution in [1.82, 2.24) is 14.5 Å². The summed E-state index contributed by atoms with van der Waals surface area (Å²) in [6.07, 6.45) is 4.14. The van der Waals surface area contributed by atoms with E-state index in [-0.39, 0.29) is 29.2 Å². The molecule has 0 radical (unpaired) electrons. The van der Waals surface area contributed by atoms with Crippen LogP contribution in [0.4, 0.5) is 0 Å². The number of hydrogen-bond acceptors (Lipinski definition) is 5. The van der Waals surface area contributed by atoms with Gasteiger partial charge in [0.1, 0.15) is 0 Å². The molecule has 1 aliphatic rings. The van der Waals surface area contributed by atoms with Crippen LogP contribution in [0.2, 0.25) is 0 Å². The van der Waals surface area contributed by atoms with Gasteiger partial charge in [-0.05, 0) is 37.0 Å². The third kappa shape index (κ3) is 4.78. The van der Waals surface area contributed by atoms with E-state index in [1.54, 1.807) is 11.1 Å². The van der Waals surface area contributed by atoms with Crippen LogP contribution in [0.1, 0.15) is 38.7 Å². The SMILES string of the molecule is CCN(C(=O)CSc1nccn1-c1ccc(C(C)C)cc1)[C@@H]1CCS(=O)(=O)C1. The summed E-state index contributed by atoms with van der Waals surface area (Å²) < 4.78 is 25.4. The summed E-state index contributed by atoms with van der Waals surface area (Å²) >= 11 is 1.38. The number of amides is 1. The first-order valence-electron chi connectivity index (χ1n) is 9.57. The Morgan fingerprint density at radius 3 is 2.61 bits per heavy atom. The summed E-state index contributed by atoms with van der Waals surface area (Å²) in [4.78, 5) is 18.8. The van der Waals surface area contributed by atoms with E-state index in [0.717, 1.165) is 10.8 Å². The first kappa shape index (κ1) is 20.9. The van der Waals surface area contributed by atoms with Gasteiger partial charge in [0.25, 0.3) is 0 Å². The Kier molecular flexibility index (Phi) is 6.50. The molecule has 0 N–H and O–H groups in total. The normalized spacial score (nSPS) is 18.5. The van der Waals surface area contributed by atoms with E-state index in [4.69, 9.17) is 0 Å². The van der Waals surface area contributed by atoms with Gasteiger partial charge in [0.2, 0.25) is 5.91 Å². The van der Waals surface area contributed by atoms with Crippen molar-refractivity contribution in [3.05, 3.63) is 42.2 Å². The van der Waals surface area contributed by atoms with Gasteiger partial charge in [-0.2, -0.15) is 0 Å². The second-order valence-corrected chi connectivity index (χ2v) is 10.5. The van der Waals surface area contributed by atoms with Gasteiger partial charge in [0, 0.05) is 30.7 Å². The molecular formula is C20H27N3O3S2. The first-order chi connectivity index (χ1) is 13.3. The molecular weight excluding hydrogens is 394 g/mol. The maximum Gasteiger partial charge on any atom is 0.233 e. The lowest BCUT2D eigenvalue weighted by molar-refractivity contribution is -0.129. The van der Waals surface area contributed by atoms with Crippen molar-refractivity contribution in [3.8, 4) is 5.69 Å². The molecule has 1 amide bonds. The highest BCUT2D eigenvalue weighted by atomic mass is 32.2. The number of benzene rings is 1. The van der Waals surface area contributed by atoms with Crippen molar-refractivity contribution in [2.24, 2.45) is 0 Å². The number of carbonyl (C=O) groups is 1. The Morgan fingerprint density at radius 1 is 1.32 bits per heavy atom. The highest BCUT2D eigenvalue weighted by molar-refractivity contribution is 7.99. The number of sulfone groups is 1. The molecule has 1 saturated heterocycles. The summed E-state index contributed by atoms with van der Waals surface area (Å²) in [6.45, 7) is 6.73. The Morgan fingerprint density at radius 2 is 2.04 bits per heavy atom. The maximum atomic E-state index is 12.7. The lowest BCUT2D eigenvalue weighted by Gasteiger charge is -2.26. The number of imidazole rings is 1. The van der Waals surface area contributed by atoms with E-state index in [0.29, 0.717) is 18.9 Å². The van der Waals surface area contributed by atoms with Gasteiger partial charge < -0.3 is 4.90 Å². The lowest BCUT2D eigenvalue weighted by Crippen LogP contribution is -2.42. The predicted octanol–water partition coefficient (Wildman–Crippen LogP) is 3.12. The van der Waals surface area contributed by atoms with E-state index in [1.165, 1.54) is 17.3 Å². The van der Waals surface area contributed by atoms with E-state index in [9.17, 15) is 13.2 Å². The minimum absolute atomic E-state index is 0.0423. The lowest BCUT2D eigenvalue weighted by atomic mass is 10.0. The molecule has 0 aliphatic carbocycles. The second-order valence-electron chi connectivity index (χ2n) is 7.35. The summed E-state index contributed by atoms with van der Waals surface area (Å²) in [7, 11) is -3.01. The van der Waals surface area contributed by atoms with E-state index in [1.807, 2.05) is 17.7 Å². The summed E-state index contributed by atoms with van der Waals surface area (Å²) in [5.41, 5.74) is 2.28. The molecule has 0 saturated carbocycles. The quantitative estimate of drug-likeness (QED) is 0.642. The zero-order valence-corrected chi connectivity index (χ0v) is 18.2. The van der Waals surface area contributed by atoms with Gasteiger partial charge in [-0.3, -0.25) is 9.36 Å². The van der Waals surface area contributed by atoms with Crippen LogP contribution in [0.3, 0.4) is 0 Å². The van der Waals surface area contributed by atoms with Gasteiger partial charge in [-0.1, -0.05) is 37.7 Å². The molecule has 2 aromatic rings. The van der Waals surface area contributed by atoms with Crippen molar-refractivity contribution < 1.29 is 13.2 Å². The zero-order chi connectivity index (χ0) is 20.3. The zero-order valence-electron chi connectivity index (χ0n) is 16.5. The van der Waals surface area contributed by atoms with Crippen molar-refractivity contribution in [1.29, 1.82) is 0 Å². The molecule has 2 heterocycles. The Hall–Kier alpha value is -1.80. The van der Waals surface area contributed by atoms with Crippen molar-refractivity contribution >= 4 is 27.5 Å². The molecule has 0 unspecified atom stereocenters. The average molecular weight is 422 g/mol. The molecule has 152 valence electrons. The first-order valence-corrected chi connectivity index (χ1v) is 12.4. The second kappa shape index (κ2) is 8.69. The summed E-state index contributed by atoms with van der Waals surface area (Å²) in [5, 5.41) is 0.751. The van der Waals surface area contributed by atoms with Crippen LogP contribution in [0.5, 0.6) is 0 Å². The van der Waals surface area contributed by atoms with Gasteiger partial charge in [0.15, 0.2) is 15.0 Å². The van der Waals surface area contributed by atoms with Crippen molar-refractivity contribution in [3.63, 3.8) is 0 Å². The minimum Gasteiger partial charge on any atom is -0.338 e. The summed E-state index contributed by atoms with van der Waals surface area (Å²) in [6, 6.07) is 8.14. The molecule has 6 nitrogen and oxygen atoms in total. The van der Waals surface area contributed by atoms with Crippen LogP contribution in [-0.4, -0.2) is 58.6 Å². The number of hydrogen-bond donors (Lipinski definition) is 0. The highest BCUT2D eigenvalue weighted by Gasteiger charge is 2.33. The fourth-order valence-electron chi connectivity index (χ4n) is 3.48. The van der Waals surface area contributed by atoms with Gasteiger partial charge >= 0.3 is 0 Å². The molecule has 1 aromatic carbocycles. The number of aromatic nitrogens is 2. The average Bonchev–Trinajstić information content (AvgIpc) is 3.27. The standard InChI is InChI=1S/C20H27N3O3S2/c1-4-22(18-9-12-28(25,26)14-18)19(24)13-27-20-21-10-11-23(20)17-7-5-16(6-8-17)15(2)3/h5-8,10-11,15,18H,4,9,12-14H2,1-3H3/t18-/m1/s1. The fourth-order valence-corrected chi connectivity index (χ4v) is 6.07. The Balaban J connectivity index is 1.66. The van der Waals surface area contributed by atoms with Crippen LogP contribution >= 0.6 is 11.8 Å². The fraction of sp³-hybridized carbons (Fsp3) is 0.500. The highest BCUT2D eigenvalue weighted by Crippen LogP contribution is 2.24. The third-order valence-electron chi connectivity index (χ3n) is 5.08. The van der Waals surface area contributed by atoms with Crippen molar-refractivity contribution in [2.75, 3.05) is 23.8 Å². The number of nitrogens with zero attached hydrogens (tertiary/aromatic N) is 3. The molecule has 0 bridgehead atoms. The molecule has 1 aliphatic heterocycles. The van der Waals surface area contributed by atoms with Crippen LogP contribution in [0.25, 0.3) is 5.69 Å². The summed E-state index contributed by atoms with van der Waals surface area (Å²) in [5.74, 6) is 0.923. The van der Waals surface area contributed by atoms with Gasteiger partial charge in [-0.15, -0.1) is 0 Å². The van der Waals surface area contributed by atoms with Crippen LogP contribution < -0.4 is 0 Å². The number of carbonyl (C=O) groups excluding carboxylic acids is 1. The van der Waals surface area contributed by atoms with E-state index in [2.05, 4.69) is 43.1 Å². The molecule has 3 rings (SSSR count). The minimum atomic E-state index is -3.01. The topological polar surface area (TPSA) is 72.3 Å². The predicted molar refractivity (Wildman–Crippen MR) is 113 cm³/mol. The monoisotopic (exact) mass is 421 g/mol. The molecule has 1 atom stereocenters. The van der Waals surface area contributed by atoms with Crippen LogP contribution in [0.15, 0.2) is 41.8 Å². The number of rotatable bonds is 7. The Labute approximate surface area is 171 Å². The smallest absolute Gasteiger partial charge is 0.233 e. The van der Waals surface area contributed by atoms with Crippen molar-refractivity contribution in [2.45, 2.75) is 44.3 Å². The largest absolute Gasteiger partial charge is 0.338 e. The molecule has 8 heteroatoms. The van der Waals surface area contributed by atoms with Crippen LogP contribution in [0, 0.1) is 0 Å². The third-order valence-corrected chi connectivity index (χ3v) is 7.78. The Bertz CT molecular complexity index is 920. The molecule has 0 spiro atoms.